The highest BCUT2D eigenvalue weighted by atomic mass is 32.1. The number of ether oxygens (including phenoxy) is 1. The fourth-order valence-corrected chi connectivity index (χ4v) is 5.50. The molecule has 1 aliphatic heterocycles. The van der Waals surface area contributed by atoms with Crippen LogP contribution in [0.4, 0.5) is 5.69 Å². The molecule has 2 amide bonds. The summed E-state index contributed by atoms with van der Waals surface area (Å²) in [5, 5.41) is 6.10. The van der Waals surface area contributed by atoms with Crippen molar-refractivity contribution < 1.29 is 14.3 Å². The van der Waals surface area contributed by atoms with Crippen LogP contribution >= 0.6 is 11.3 Å². The summed E-state index contributed by atoms with van der Waals surface area (Å²) in [5.74, 6) is 0.328. The number of nitrogens with one attached hydrogen (secondary N) is 1. The topological polar surface area (TPSA) is 63.6 Å². The van der Waals surface area contributed by atoms with E-state index in [2.05, 4.69) is 5.32 Å². The molecule has 4 aromatic rings. The first kappa shape index (κ1) is 21.3. The highest BCUT2D eigenvalue weighted by molar-refractivity contribution is 7.16. The number of para-hydroxylation sites is 2. The quantitative estimate of drug-likeness (QED) is 0.468. The second-order valence-corrected chi connectivity index (χ2v) is 9.39. The van der Waals surface area contributed by atoms with Gasteiger partial charge in [-0.15, -0.1) is 11.3 Å². The Hall–Kier alpha value is -3.58. The number of thiophene rings is 1. The van der Waals surface area contributed by atoms with E-state index in [-0.39, 0.29) is 11.8 Å². The molecule has 5 rings (SSSR count). The average molecular weight is 460 g/mol. The molecule has 0 spiro atoms. The average Bonchev–Trinajstić information content (AvgIpc) is 3.41. The van der Waals surface area contributed by atoms with Gasteiger partial charge < -0.3 is 14.6 Å². The fraction of sp³-hybridized carbons (Fsp3) is 0.231. The highest BCUT2D eigenvalue weighted by Crippen LogP contribution is 2.38. The van der Waals surface area contributed by atoms with Gasteiger partial charge in [-0.2, -0.15) is 0 Å². The van der Waals surface area contributed by atoms with Crippen molar-refractivity contribution in [1.29, 1.82) is 0 Å². The van der Waals surface area contributed by atoms with Crippen LogP contribution in [0.5, 0.6) is 5.75 Å². The lowest BCUT2D eigenvalue weighted by molar-refractivity contribution is -0.126. The summed E-state index contributed by atoms with van der Waals surface area (Å²) in [6.07, 6.45) is 0. The van der Waals surface area contributed by atoms with Crippen molar-refractivity contribution in [3.8, 4) is 5.75 Å². The Morgan fingerprint density at radius 1 is 1.15 bits per heavy atom. The molecule has 0 aliphatic carbocycles. The molecule has 0 saturated carbocycles. The molecule has 3 heterocycles. The van der Waals surface area contributed by atoms with Crippen LogP contribution in [0.3, 0.4) is 0 Å². The van der Waals surface area contributed by atoms with E-state index in [1.54, 1.807) is 23.3 Å². The van der Waals surface area contributed by atoms with Crippen molar-refractivity contribution in [2.45, 2.75) is 32.5 Å². The van der Waals surface area contributed by atoms with E-state index in [4.69, 9.17) is 4.74 Å². The van der Waals surface area contributed by atoms with Crippen molar-refractivity contribution in [2.75, 3.05) is 12.0 Å². The molecule has 2 aromatic heterocycles. The number of rotatable bonds is 5. The van der Waals surface area contributed by atoms with Crippen molar-refractivity contribution in [3.63, 3.8) is 0 Å². The molecule has 0 radical (unpaired) electrons. The van der Waals surface area contributed by atoms with Gasteiger partial charge in [-0.25, -0.2) is 0 Å². The molecule has 0 saturated heterocycles. The molecule has 0 fully saturated rings. The first-order valence-electron chi connectivity index (χ1n) is 10.8. The number of carbonyl (C=O) groups excluding carboxylic acids is 2. The van der Waals surface area contributed by atoms with Crippen LogP contribution in [0.2, 0.25) is 0 Å². The molecule has 6 nitrogen and oxygen atoms in total. The number of hydrogen-bond acceptors (Lipinski definition) is 4. The van der Waals surface area contributed by atoms with Gasteiger partial charge in [0.2, 0.25) is 5.91 Å². The van der Waals surface area contributed by atoms with Gasteiger partial charge in [0.15, 0.2) is 0 Å². The number of nitrogens with zero attached hydrogens (tertiary/aromatic N) is 2. The third kappa shape index (κ3) is 3.40. The number of anilines is 1. The van der Waals surface area contributed by atoms with Crippen LogP contribution in [-0.2, 0) is 17.9 Å². The molecular weight excluding hydrogens is 434 g/mol. The van der Waals surface area contributed by atoms with E-state index in [0.29, 0.717) is 24.5 Å². The van der Waals surface area contributed by atoms with Gasteiger partial charge in [0.05, 0.1) is 13.7 Å². The van der Waals surface area contributed by atoms with E-state index in [1.165, 1.54) is 0 Å². The molecule has 1 N–H and O–H groups in total. The number of hydrogen-bond donors (Lipinski definition) is 1. The third-order valence-electron chi connectivity index (χ3n) is 6.36. The first-order valence-corrected chi connectivity index (χ1v) is 11.7. The van der Waals surface area contributed by atoms with Crippen LogP contribution in [0, 0.1) is 6.92 Å². The van der Waals surface area contributed by atoms with Crippen LogP contribution in [0.15, 0.2) is 66.0 Å². The summed E-state index contributed by atoms with van der Waals surface area (Å²) < 4.78 is 7.41. The first-order chi connectivity index (χ1) is 15.9. The number of benzene rings is 2. The van der Waals surface area contributed by atoms with Crippen LogP contribution in [0.25, 0.3) is 10.2 Å². The number of aromatic nitrogens is 1. The van der Waals surface area contributed by atoms with E-state index >= 15 is 0 Å². The maximum atomic E-state index is 13.8. The summed E-state index contributed by atoms with van der Waals surface area (Å²) in [4.78, 5) is 30.3. The third-order valence-corrected chi connectivity index (χ3v) is 7.31. The summed E-state index contributed by atoms with van der Waals surface area (Å²) in [6, 6.07) is 19.2. The smallest absolute Gasteiger partial charge is 0.275 e. The Kier molecular flexibility index (Phi) is 5.21. The van der Waals surface area contributed by atoms with E-state index in [0.717, 1.165) is 27.0 Å². The highest BCUT2D eigenvalue weighted by Gasteiger charge is 2.49. The van der Waals surface area contributed by atoms with Gasteiger partial charge in [-0.1, -0.05) is 36.4 Å². The van der Waals surface area contributed by atoms with Crippen LogP contribution in [0.1, 0.15) is 28.5 Å². The Balaban J connectivity index is 1.57. The second kappa shape index (κ2) is 8.08. The number of fused-ring (bicyclic) bond motifs is 3. The van der Waals surface area contributed by atoms with E-state index < -0.39 is 5.54 Å². The summed E-state index contributed by atoms with van der Waals surface area (Å²) in [6.45, 7) is 4.48. The predicted octanol–water partition coefficient (Wildman–Crippen LogP) is 4.76. The minimum absolute atomic E-state index is 0.172. The molecule has 2 aromatic carbocycles. The van der Waals surface area contributed by atoms with Crippen molar-refractivity contribution in [3.05, 3.63) is 82.9 Å². The number of aryl methyl sites for hydroxylation is 1. The zero-order chi connectivity index (χ0) is 23.2. The lowest BCUT2D eigenvalue weighted by Crippen LogP contribution is -2.64. The Labute approximate surface area is 196 Å². The number of amides is 2. The normalized spacial score (nSPS) is 17.8. The van der Waals surface area contributed by atoms with Crippen LogP contribution < -0.4 is 15.0 Å². The van der Waals surface area contributed by atoms with E-state index in [9.17, 15) is 9.59 Å². The van der Waals surface area contributed by atoms with E-state index in [1.807, 2.05) is 84.5 Å². The Morgan fingerprint density at radius 2 is 1.91 bits per heavy atom. The Bertz CT molecular complexity index is 1370. The number of methoxy groups -OCH3 is 1. The maximum absolute atomic E-state index is 13.8. The summed E-state index contributed by atoms with van der Waals surface area (Å²) in [7, 11) is 1.61. The summed E-state index contributed by atoms with van der Waals surface area (Å²) >= 11 is 1.58. The van der Waals surface area contributed by atoms with Crippen molar-refractivity contribution in [1.82, 2.24) is 9.88 Å². The molecule has 1 unspecified atom stereocenters. The van der Waals surface area contributed by atoms with Gasteiger partial charge in [0, 0.05) is 23.2 Å². The second-order valence-electron chi connectivity index (χ2n) is 8.49. The molecule has 7 heteroatoms. The molecular formula is C26H25N3O3S. The van der Waals surface area contributed by atoms with Gasteiger partial charge in [-0.05, 0) is 49.1 Å². The minimum Gasteiger partial charge on any atom is -0.496 e. The molecule has 33 heavy (non-hydrogen) atoms. The SMILES string of the molecule is COc1ccccc1CNC(=O)C1(C)Cn2c(cc3ccsc32)C(=O)N1c1ccccc1C. The molecule has 1 aliphatic rings. The minimum atomic E-state index is -1.12. The monoisotopic (exact) mass is 459 g/mol. The van der Waals surface area contributed by atoms with Gasteiger partial charge in [0.25, 0.3) is 5.91 Å². The van der Waals surface area contributed by atoms with Gasteiger partial charge in [0.1, 0.15) is 21.8 Å². The molecule has 1 atom stereocenters. The summed E-state index contributed by atoms with van der Waals surface area (Å²) in [5.41, 5.74) is 2.05. The lowest BCUT2D eigenvalue weighted by atomic mass is 9.93. The predicted molar refractivity (Wildman–Crippen MR) is 131 cm³/mol. The van der Waals surface area contributed by atoms with Crippen molar-refractivity contribution >= 4 is 39.1 Å². The molecule has 0 bridgehead atoms. The van der Waals surface area contributed by atoms with Crippen molar-refractivity contribution in [2.24, 2.45) is 0 Å². The van der Waals surface area contributed by atoms with Gasteiger partial charge >= 0.3 is 0 Å². The van der Waals surface area contributed by atoms with Crippen LogP contribution in [-0.4, -0.2) is 29.0 Å². The standard InChI is InChI=1S/C26H25N3O3S/c1-17-8-4-6-10-20(17)29-23(30)21-14-18-12-13-33-24(18)28(21)16-26(29,2)25(31)27-15-19-9-5-7-11-22(19)32-3/h4-14H,15-16H2,1-3H3,(H,27,31). The largest absolute Gasteiger partial charge is 0.496 e. The molecule has 168 valence electrons. The zero-order valence-corrected chi connectivity index (χ0v) is 19.6. The Morgan fingerprint density at radius 3 is 2.70 bits per heavy atom. The fourth-order valence-electron chi connectivity index (χ4n) is 4.60. The maximum Gasteiger partial charge on any atom is 0.275 e. The zero-order valence-electron chi connectivity index (χ0n) is 18.8. The lowest BCUT2D eigenvalue weighted by Gasteiger charge is -2.44. The van der Waals surface area contributed by atoms with Gasteiger partial charge in [-0.3, -0.25) is 14.5 Å². The number of carbonyl (C=O) groups is 2.